The summed E-state index contributed by atoms with van der Waals surface area (Å²) >= 11 is 5.72. The van der Waals surface area contributed by atoms with E-state index in [1.165, 1.54) is 6.26 Å². The Bertz CT molecular complexity index is 502. The summed E-state index contributed by atoms with van der Waals surface area (Å²) in [6, 6.07) is 1.59. The second-order valence-corrected chi connectivity index (χ2v) is 3.90. The normalized spacial score (nSPS) is 10.6. The smallest absolute Gasteiger partial charge is 0.203 e. The van der Waals surface area contributed by atoms with Crippen molar-refractivity contribution < 1.29 is 9.21 Å². The molecule has 2 heterocycles. The van der Waals surface area contributed by atoms with Crippen molar-refractivity contribution in [2.45, 2.75) is 12.8 Å². The van der Waals surface area contributed by atoms with E-state index < -0.39 is 0 Å². The highest BCUT2D eigenvalue weighted by molar-refractivity contribution is 6.32. The Hall–Kier alpha value is -1.55. The molecule has 0 aliphatic heterocycles. The number of aromatic nitrogens is 2. The lowest BCUT2D eigenvalue weighted by Gasteiger charge is -1.96. The van der Waals surface area contributed by atoms with Crippen molar-refractivity contribution in [1.29, 1.82) is 0 Å². The van der Waals surface area contributed by atoms with Crippen LogP contribution >= 0.6 is 11.6 Å². The van der Waals surface area contributed by atoms with Gasteiger partial charge in [0.1, 0.15) is 0 Å². The minimum absolute atomic E-state index is 0.0115. The highest BCUT2D eigenvalue weighted by Gasteiger charge is 2.12. The van der Waals surface area contributed by atoms with Gasteiger partial charge in [-0.25, -0.2) is 0 Å². The van der Waals surface area contributed by atoms with E-state index in [0.29, 0.717) is 18.4 Å². The molecule has 0 aliphatic rings. The molecule has 2 aromatic heterocycles. The van der Waals surface area contributed by atoms with Gasteiger partial charge in [0, 0.05) is 19.7 Å². The quantitative estimate of drug-likeness (QED) is 0.769. The van der Waals surface area contributed by atoms with Crippen molar-refractivity contribution in [3.05, 3.63) is 41.1 Å². The number of hydrogen-bond acceptors (Lipinski definition) is 3. The zero-order valence-electron chi connectivity index (χ0n) is 8.81. The molecule has 0 fully saturated rings. The van der Waals surface area contributed by atoms with E-state index in [0.717, 1.165) is 5.56 Å². The number of halogens is 1. The summed E-state index contributed by atoms with van der Waals surface area (Å²) in [6.45, 7) is 0. The lowest BCUT2D eigenvalue weighted by Crippen LogP contribution is -1.99. The van der Waals surface area contributed by atoms with E-state index in [1.807, 2.05) is 13.2 Å². The Kier molecular flexibility index (Phi) is 3.10. The Morgan fingerprint density at radius 1 is 1.62 bits per heavy atom. The summed E-state index contributed by atoms with van der Waals surface area (Å²) in [4.78, 5) is 11.7. The van der Waals surface area contributed by atoms with Crippen LogP contribution in [0.4, 0.5) is 0 Å². The zero-order valence-corrected chi connectivity index (χ0v) is 9.57. The van der Waals surface area contributed by atoms with E-state index in [-0.39, 0.29) is 11.0 Å². The first-order chi connectivity index (χ1) is 7.66. The van der Waals surface area contributed by atoms with Crippen molar-refractivity contribution >= 4 is 17.4 Å². The molecule has 5 heteroatoms. The van der Waals surface area contributed by atoms with Crippen LogP contribution < -0.4 is 0 Å². The van der Waals surface area contributed by atoms with Crippen LogP contribution in [0.1, 0.15) is 22.3 Å². The van der Waals surface area contributed by atoms with Gasteiger partial charge in [0.2, 0.25) is 5.22 Å². The van der Waals surface area contributed by atoms with Crippen molar-refractivity contribution in [3.8, 4) is 0 Å². The number of furan rings is 1. The van der Waals surface area contributed by atoms with Crippen LogP contribution in [-0.4, -0.2) is 15.6 Å². The maximum Gasteiger partial charge on any atom is 0.203 e. The molecule has 0 unspecified atom stereocenters. The summed E-state index contributed by atoms with van der Waals surface area (Å²) in [5.41, 5.74) is 1.49. The van der Waals surface area contributed by atoms with Gasteiger partial charge in [-0.15, -0.1) is 0 Å². The van der Waals surface area contributed by atoms with E-state index in [1.54, 1.807) is 16.9 Å². The fourth-order valence-corrected chi connectivity index (χ4v) is 1.71. The van der Waals surface area contributed by atoms with E-state index in [9.17, 15) is 4.79 Å². The van der Waals surface area contributed by atoms with Gasteiger partial charge in [0.25, 0.3) is 0 Å². The number of hydrogen-bond donors (Lipinski definition) is 0. The highest BCUT2D eigenvalue weighted by Crippen LogP contribution is 2.19. The molecule has 0 radical (unpaired) electrons. The summed E-state index contributed by atoms with van der Waals surface area (Å²) in [5, 5.41) is 4.20. The van der Waals surface area contributed by atoms with Gasteiger partial charge in [-0.3, -0.25) is 9.48 Å². The largest absolute Gasteiger partial charge is 0.452 e. The number of nitrogens with zero attached hydrogens (tertiary/aromatic N) is 2. The maximum atomic E-state index is 11.7. The van der Waals surface area contributed by atoms with Crippen molar-refractivity contribution in [3.63, 3.8) is 0 Å². The summed E-state index contributed by atoms with van der Waals surface area (Å²) < 4.78 is 6.58. The maximum absolute atomic E-state index is 11.7. The van der Waals surface area contributed by atoms with Crippen LogP contribution in [0, 0.1) is 0 Å². The number of carbonyl (C=O) groups is 1. The molecule has 4 nitrogen and oxygen atoms in total. The lowest BCUT2D eigenvalue weighted by atomic mass is 10.1. The molecule has 0 amide bonds. The van der Waals surface area contributed by atoms with Crippen LogP contribution in [0.5, 0.6) is 0 Å². The predicted molar refractivity (Wildman–Crippen MR) is 59.6 cm³/mol. The first-order valence-corrected chi connectivity index (χ1v) is 5.28. The van der Waals surface area contributed by atoms with Gasteiger partial charge in [0.15, 0.2) is 5.78 Å². The standard InChI is InChI=1S/C11H11ClN2O2/c1-14-7-8(6-13-14)2-3-10(15)9-4-5-16-11(9)12/h4-7H,2-3H2,1H3. The topological polar surface area (TPSA) is 48.0 Å². The minimum Gasteiger partial charge on any atom is -0.452 e. The predicted octanol–water partition coefficient (Wildman–Crippen LogP) is 2.48. The molecule has 0 aromatic carbocycles. The number of ketones is 1. The third kappa shape index (κ3) is 2.33. The van der Waals surface area contributed by atoms with E-state index in [2.05, 4.69) is 5.10 Å². The van der Waals surface area contributed by atoms with Gasteiger partial charge in [-0.05, 0) is 29.7 Å². The molecule has 0 bridgehead atoms. The van der Waals surface area contributed by atoms with Crippen LogP contribution in [0.15, 0.2) is 29.1 Å². The Morgan fingerprint density at radius 2 is 2.44 bits per heavy atom. The molecule has 0 aliphatic carbocycles. The molecule has 2 rings (SSSR count). The van der Waals surface area contributed by atoms with Crippen molar-refractivity contribution in [1.82, 2.24) is 9.78 Å². The highest BCUT2D eigenvalue weighted by atomic mass is 35.5. The fraction of sp³-hybridized carbons (Fsp3) is 0.273. The molecular formula is C11H11ClN2O2. The van der Waals surface area contributed by atoms with Gasteiger partial charge >= 0.3 is 0 Å². The number of carbonyl (C=O) groups excluding carboxylic acids is 1. The van der Waals surface area contributed by atoms with Crippen LogP contribution in [0.3, 0.4) is 0 Å². The van der Waals surface area contributed by atoms with Gasteiger partial charge in [-0.2, -0.15) is 5.10 Å². The van der Waals surface area contributed by atoms with Crippen molar-refractivity contribution in [2.24, 2.45) is 7.05 Å². The molecule has 0 saturated heterocycles. The van der Waals surface area contributed by atoms with E-state index >= 15 is 0 Å². The molecule has 16 heavy (non-hydrogen) atoms. The average Bonchev–Trinajstić information content (AvgIpc) is 2.84. The third-order valence-corrected chi connectivity index (χ3v) is 2.61. The third-order valence-electron chi connectivity index (χ3n) is 2.32. The average molecular weight is 239 g/mol. The van der Waals surface area contributed by atoms with Gasteiger partial charge < -0.3 is 4.42 Å². The minimum atomic E-state index is -0.0115. The molecular weight excluding hydrogens is 228 g/mol. The second-order valence-electron chi connectivity index (χ2n) is 3.55. The van der Waals surface area contributed by atoms with E-state index in [4.69, 9.17) is 16.0 Å². The lowest BCUT2D eigenvalue weighted by molar-refractivity contribution is 0.0982. The number of aryl methyl sites for hydroxylation is 2. The summed E-state index contributed by atoms with van der Waals surface area (Å²) in [6.07, 6.45) is 6.13. The number of Topliss-reactive ketones (excluding diaryl/α,β-unsaturated/α-hetero) is 1. The molecule has 0 saturated carbocycles. The first kappa shape index (κ1) is 11.0. The summed E-state index contributed by atoms with van der Waals surface area (Å²) in [7, 11) is 1.85. The monoisotopic (exact) mass is 238 g/mol. The van der Waals surface area contributed by atoms with Crippen LogP contribution in [0.25, 0.3) is 0 Å². The SMILES string of the molecule is Cn1cc(CCC(=O)c2ccoc2Cl)cn1. The zero-order chi connectivity index (χ0) is 11.5. The Balaban J connectivity index is 1.96. The molecule has 84 valence electrons. The molecule has 0 N–H and O–H groups in total. The van der Waals surface area contributed by atoms with Gasteiger partial charge in [-0.1, -0.05) is 0 Å². The Labute approximate surface area is 97.8 Å². The summed E-state index contributed by atoms with van der Waals surface area (Å²) in [5.74, 6) is -0.0115. The van der Waals surface area contributed by atoms with Crippen molar-refractivity contribution in [2.75, 3.05) is 0 Å². The molecule has 0 spiro atoms. The second kappa shape index (κ2) is 4.53. The molecule has 2 aromatic rings. The molecule has 0 atom stereocenters. The van der Waals surface area contributed by atoms with Crippen LogP contribution in [0.2, 0.25) is 5.22 Å². The van der Waals surface area contributed by atoms with Gasteiger partial charge in [0.05, 0.1) is 18.0 Å². The Morgan fingerprint density at radius 3 is 3.00 bits per heavy atom. The van der Waals surface area contributed by atoms with Crippen LogP contribution in [-0.2, 0) is 13.5 Å². The number of rotatable bonds is 4. The first-order valence-electron chi connectivity index (χ1n) is 4.90. The fourth-order valence-electron chi connectivity index (χ4n) is 1.49.